The van der Waals surface area contributed by atoms with Crippen molar-refractivity contribution in [2.45, 2.75) is 32.9 Å². The molecule has 3 aliphatic rings. The largest absolute Gasteiger partial charge is 0.454 e. The van der Waals surface area contributed by atoms with Gasteiger partial charge in [-0.2, -0.15) is 0 Å². The molecule has 31 heavy (non-hydrogen) atoms. The third-order valence-corrected chi connectivity index (χ3v) is 6.42. The first-order valence-corrected chi connectivity index (χ1v) is 10.8. The maximum atomic E-state index is 13.2. The van der Waals surface area contributed by atoms with Gasteiger partial charge in [0.1, 0.15) is 0 Å². The van der Waals surface area contributed by atoms with Crippen LogP contribution in [0.1, 0.15) is 23.1 Å². The van der Waals surface area contributed by atoms with E-state index in [4.69, 9.17) is 9.47 Å². The van der Waals surface area contributed by atoms with E-state index < -0.39 is 0 Å². The van der Waals surface area contributed by atoms with E-state index in [0.717, 1.165) is 61.0 Å². The minimum Gasteiger partial charge on any atom is -0.454 e. The lowest BCUT2D eigenvalue weighted by molar-refractivity contribution is -0.123. The van der Waals surface area contributed by atoms with E-state index >= 15 is 0 Å². The summed E-state index contributed by atoms with van der Waals surface area (Å²) in [6, 6.07) is 11.6. The lowest BCUT2D eigenvalue weighted by atomic mass is 10.1. The normalized spacial score (nSPS) is 21.9. The van der Waals surface area contributed by atoms with E-state index in [-0.39, 0.29) is 31.1 Å². The highest BCUT2D eigenvalue weighted by molar-refractivity contribution is 6.22. The highest BCUT2D eigenvalue weighted by Gasteiger charge is 2.43. The van der Waals surface area contributed by atoms with Gasteiger partial charge in [0.2, 0.25) is 12.7 Å². The Hall–Kier alpha value is -2.90. The molecule has 7 nitrogen and oxygen atoms in total. The zero-order valence-corrected chi connectivity index (χ0v) is 18.0. The molecule has 3 heterocycles. The lowest BCUT2D eigenvalue weighted by Gasteiger charge is -2.37. The average molecular weight is 421 g/mol. The summed E-state index contributed by atoms with van der Waals surface area (Å²) in [4.78, 5) is 31.9. The molecule has 0 bridgehead atoms. The Labute approximate surface area is 182 Å². The molecule has 2 aromatic carbocycles. The number of anilines is 1. The first kappa shape index (κ1) is 20.0. The van der Waals surface area contributed by atoms with Crippen molar-refractivity contribution in [1.82, 2.24) is 9.80 Å². The van der Waals surface area contributed by atoms with Crippen molar-refractivity contribution in [2.75, 3.05) is 37.9 Å². The molecule has 162 valence electrons. The number of piperazine rings is 1. The van der Waals surface area contributed by atoms with Gasteiger partial charge in [-0.15, -0.1) is 0 Å². The zero-order chi connectivity index (χ0) is 21.5. The molecule has 2 saturated heterocycles. The zero-order valence-electron chi connectivity index (χ0n) is 18.0. The summed E-state index contributed by atoms with van der Waals surface area (Å²) < 4.78 is 10.9. The second kappa shape index (κ2) is 7.98. The molecule has 3 aliphatic heterocycles. The van der Waals surface area contributed by atoms with Crippen LogP contribution in [-0.4, -0.2) is 60.6 Å². The Balaban J connectivity index is 1.22. The molecule has 2 aromatic rings. The Morgan fingerprint density at radius 3 is 2.52 bits per heavy atom. The Morgan fingerprint density at radius 1 is 0.935 bits per heavy atom. The summed E-state index contributed by atoms with van der Waals surface area (Å²) in [5.74, 6) is 1.40. The van der Waals surface area contributed by atoms with Crippen LogP contribution in [0, 0.1) is 13.8 Å². The van der Waals surface area contributed by atoms with E-state index in [9.17, 15) is 9.59 Å². The van der Waals surface area contributed by atoms with Crippen LogP contribution in [0.3, 0.4) is 0 Å². The van der Waals surface area contributed by atoms with E-state index in [1.165, 1.54) is 10.5 Å². The van der Waals surface area contributed by atoms with Gasteiger partial charge in [-0.1, -0.05) is 18.2 Å². The van der Waals surface area contributed by atoms with Crippen molar-refractivity contribution in [2.24, 2.45) is 0 Å². The van der Waals surface area contributed by atoms with Gasteiger partial charge < -0.3 is 9.47 Å². The molecule has 0 spiro atoms. The van der Waals surface area contributed by atoms with Gasteiger partial charge in [-0.3, -0.25) is 19.4 Å². The van der Waals surface area contributed by atoms with Gasteiger partial charge in [-0.05, 0) is 48.7 Å². The lowest BCUT2D eigenvalue weighted by Crippen LogP contribution is -2.52. The fraction of sp³-hybridized carbons (Fsp3) is 0.417. The number of carbonyl (C=O) groups excluding carboxylic acids is 2. The van der Waals surface area contributed by atoms with Crippen molar-refractivity contribution in [1.29, 1.82) is 0 Å². The van der Waals surface area contributed by atoms with Crippen molar-refractivity contribution in [3.63, 3.8) is 0 Å². The van der Waals surface area contributed by atoms with Crippen LogP contribution in [0.2, 0.25) is 0 Å². The number of aryl methyl sites for hydroxylation is 2. The van der Waals surface area contributed by atoms with Crippen molar-refractivity contribution in [3.05, 3.63) is 53.1 Å². The molecular formula is C24H27N3O4. The second-order valence-corrected chi connectivity index (χ2v) is 8.58. The predicted octanol–water partition coefficient (Wildman–Crippen LogP) is 2.48. The van der Waals surface area contributed by atoms with Gasteiger partial charge >= 0.3 is 0 Å². The maximum absolute atomic E-state index is 13.2. The molecule has 5 rings (SSSR count). The smallest absolute Gasteiger partial charge is 0.251 e. The number of hydrogen-bond donors (Lipinski definition) is 0. The molecule has 0 aliphatic carbocycles. The molecule has 2 fully saturated rings. The van der Waals surface area contributed by atoms with Gasteiger partial charge in [0.15, 0.2) is 11.5 Å². The summed E-state index contributed by atoms with van der Waals surface area (Å²) in [5.41, 5.74) is 3.90. The topological polar surface area (TPSA) is 62.3 Å². The first-order valence-electron chi connectivity index (χ1n) is 10.8. The molecule has 0 N–H and O–H groups in total. The summed E-state index contributed by atoms with van der Waals surface area (Å²) in [5, 5.41) is 0. The van der Waals surface area contributed by atoms with Crippen LogP contribution in [0.5, 0.6) is 11.5 Å². The Kier molecular flexibility index (Phi) is 5.16. The minimum absolute atomic E-state index is 0.0945. The van der Waals surface area contributed by atoms with Gasteiger partial charge in [0, 0.05) is 32.7 Å². The molecule has 7 heteroatoms. The molecule has 0 saturated carbocycles. The van der Waals surface area contributed by atoms with Crippen molar-refractivity contribution < 1.29 is 19.1 Å². The maximum Gasteiger partial charge on any atom is 0.251 e. The molecule has 0 aromatic heterocycles. The molecule has 2 amide bonds. The minimum atomic E-state index is -0.361. The number of ether oxygens (including phenoxy) is 2. The van der Waals surface area contributed by atoms with Crippen LogP contribution in [0.15, 0.2) is 36.4 Å². The van der Waals surface area contributed by atoms with E-state index in [1.54, 1.807) is 0 Å². The summed E-state index contributed by atoms with van der Waals surface area (Å²) in [7, 11) is 0. The van der Waals surface area contributed by atoms with Crippen LogP contribution >= 0.6 is 0 Å². The highest BCUT2D eigenvalue weighted by atomic mass is 16.7. The average Bonchev–Trinajstić information content (AvgIpc) is 3.34. The standard InChI is InChI=1S/C24H27N3O4/c1-16-3-4-17(2)19(11-16)27-23(28)13-20(24(27)29)26-9-7-25(8-10-26)14-18-5-6-21-22(12-18)31-15-30-21/h3-6,11-12,20H,7-10,13-15H2,1-2H3/t20-/m0/s1. The van der Waals surface area contributed by atoms with Crippen LogP contribution < -0.4 is 14.4 Å². The summed E-state index contributed by atoms with van der Waals surface area (Å²) in [6.07, 6.45) is 0.258. The third kappa shape index (κ3) is 3.79. The number of imide groups is 1. The van der Waals surface area contributed by atoms with Gasteiger partial charge in [0.05, 0.1) is 18.2 Å². The second-order valence-electron chi connectivity index (χ2n) is 8.58. The third-order valence-electron chi connectivity index (χ3n) is 6.42. The number of hydrogen-bond acceptors (Lipinski definition) is 6. The number of fused-ring (bicyclic) bond motifs is 1. The van der Waals surface area contributed by atoms with Crippen LogP contribution in [0.25, 0.3) is 0 Å². The molecular weight excluding hydrogens is 394 g/mol. The van der Waals surface area contributed by atoms with Gasteiger partial charge in [0.25, 0.3) is 5.91 Å². The summed E-state index contributed by atoms with van der Waals surface area (Å²) in [6.45, 7) is 8.29. The van der Waals surface area contributed by atoms with Crippen molar-refractivity contribution >= 4 is 17.5 Å². The number of amides is 2. The SMILES string of the molecule is Cc1ccc(C)c(N2C(=O)C[C@H](N3CCN(Cc4ccc5c(c4)OCO5)CC3)C2=O)c1. The van der Waals surface area contributed by atoms with E-state index in [2.05, 4.69) is 15.9 Å². The number of benzene rings is 2. The van der Waals surface area contributed by atoms with Crippen molar-refractivity contribution in [3.8, 4) is 11.5 Å². The monoisotopic (exact) mass is 421 g/mol. The fourth-order valence-corrected chi connectivity index (χ4v) is 4.65. The van der Waals surface area contributed by atoms with Crippen LogP contribution in [0.4, 0.5) is 5.69 Å². The number of carbonyl (C=O) groups is 2. The Morgan fingerprint density at radius 2 is 1.71 bits per heavy atom. The number of nitrogens with zero attached hydrogens (tertiary/aromatic N) is 3. The van der Waals surface area contributed by atoms with E-state index in [1.807, 2.05) is 44.2 Å². The number of rotatable bonds is 4. The van der Waals surface area contributed by atoms with Crippen LogP contribution in [-0.2, 0) is 16.1 Å². The quantitative estimate of drug-likeness (QED) is 0.707. The fourth-order valence-electron chi connectivity index (χ4n) is 4.65. The first-order chi connectivity index (χ1) is 15.0. The predicted molar refractivity (Wildman–Crippen MR) is 116 cm³/mol. The van der Waals surface area contributed by atoms with E-state index in [0.29, 0.717) is 0 Å². The van der Waals surface area contributed by atoms with Gasteiger partial charge in [-0.25, -0.2) is 4.90 Å². The molecule has 1 atom stereocenters. The molecule has 0 unspecified atom stereocenters. The molecule has 0 radical (unpaired) electrons. The highest BCUT2D eigenvalue weighted by Crippen LogP contribution is 2.33. The Bertz CT molecular complexity index is 1030. The summed E-state index contributed by atoms with van der Waals surface area (Å²) >= 11 is 0.